The van der Waals surface area contributed by atoms with Crippen LogP contribution in [0.3, 0.4) is 0 Å². The van der Waals surface area contributed by atoms with E-state index in [-0.39, 0.29) is 0 Å². The van der Waals surface area contributed by atoms with Crippen LogP contribution in [0.15, 0.2) is 23.2 Å². The van der Waals surface area contributed by atoms with Crippen LogP contribution in [0, 0.1) is 5.92 Å². The predicted octanol–water partition coefficient (Wildman–Crippen LogP) is 2.67. The number of hydrogen-bond donors (Lipinski definition) is 2. The largest absolute Gasteiger partial charge is 0.496 e. The molecule has 1 aromatic rings. The van der Waals surface area contributed by atoms with Crippen LogP contribution in [0.1, 0.15) is 19.4 Å². The van der Waals surface area contributed by atoms with Gasteiger partial charge >= 0.3 is 0 Å². The Bertz CT molecular complexity index is 433. The minimum Gasteiger partial charge on any atom is -0.496 e. The molecule has 0 unspecified atom stereocenters. The van der Waals surface area contributed by atoms with Gasteiger partial charge in [0.25, 0.3) is 0 Å². The van der Waals surface area contributed by atoms with Gasteiger partial charge in [-0.15, -0.1) is 0 Å². The molecule has 0 aliphatic rings. The molecule has 0 radical (unpaired) electrons. The molecule has 0 bridgehead atoms. The second-order valence-electron chi connectivity index (χ2n) is 4.66. The summed E-state index contributed by atoms with van der Waals surface area (Å²) in [7, 11) is 3.40. The first-order valence-electron chi connectivity index (χ1n) is 6.33. The maximum Gasteiger partial charge on any atom is 0.191 e. The number of hydrogen-bond acceptors (Lipinski definition) is 2. The van der Waals surface area contributed by atoms with Gasteiger partial charge in [0.2, 0.25) is 0 Å². The highest BCUT2D eigenvalue weighted by molar-refractivity contribution is 6.30. The van der Waals surface area contributed by atoms with Crippen LogP contribution in [0.5, 0.6) is 5.75 Å². The lowest BCUT2D eigenvalue weighted by Crippen LogP contribution is -2.38. The molecule has 0 amide bonds. The molecule has 0 fully saturated rings. The van der Waals surface area contributed by atoms with E-state index in [0.29, 0.717) is 17.5 Å². The third kappa shape index (κ3) is 5.39. The SMILES string of the molecule is CN=C(NCc1ccc(Cl)cc1OC)NCC(C)C. The van der Waals surface area contributed by atoms with Crippen LogP contribution < -0.4 is 15.4 Å². The van der Waals surface area contributed by atoms with Crippen LogP contribution in [-0.4, -0.2) is 26.7 Å². The Hall–Kier alpha value is -1.42. The Kier molecular flexibility index (Phi) is 6.50. The van der Waals surface area contributed by atoms with E-state index in [1.165, 1.54) is 0 Å². The van der Waals surface area contributed by atoms with Crippen molar-refractivity contribution in [2.45, 2.75) is 20.4 Å². The predicted molar refractivity (Wildman–Crippen MR) is 81.0 cm³/mol. The first-order chi connectivity index (χ1) is 9.06. The molecule has 5 heteroatoms. The van der Waals surface area contributed by atoms with Crippen molar-refractivity contribution in [3.05, 3.63) is 28.8 Å². The number of benzene rings is 1. The molecule has 0 heterocycles. The maximum atomic E-state index is 5.93. The van der Waals surface area contributed by atoms with Crippen molar-refractivity contribution < 1.29 is 4.74 Å². The Morgan fingerprint density at radius 3 is 2.68 bits per heavy atom. The van der Waals surface area contributed by atoms with E-state index in [2.05, 4.69) is 29.5 Å². The van der Waals surface area contributed by atoms with Crippen molar-refractivity contribution in [2.24, 2.45) is 10.9 Å². The molecule has 106 valence electrons. The molecule has 4 nitrogen and oxygen atoms in total. The smallest absolute Gasteiger partial charge is 0.191 e. The summed E-state index contributed by atoms with van der Waals surface area (Å²) in [5.41, 5.74) is 1.04. The number of guanidine groups is 1. The van der Waals surface area contributed by atoms with E-state index in [9.17, 15) is 0 Å². The summed E-state index contributed by atoms with van der Waals surface area (Å²) in [5.74, 6) is 2.13. The molecule has 0 saturated heterocycles. The van der Waals surface area contributed by atoms with Crippen LogP contribution in [-0.2, 0) is 6.54 Å². The van der Waals surface area contributed by atoms with Gasteiger partial charge in [0.15, 0.2) is 5.96 Å². The zero-order valence-corrected chi connectivity index (χ0v) is 12.7. The van der Waals surface area contributed by atoms with Gasteiger partial charge in [-0.1, -0.05) is 31.5 Å². The number of halogens is 1. The van der Waals surface area contributed by atoms with Gasteiger partial charge in [0.1, 0.15) is 5.75 Å². The molecule has 0 aliphatic carbocycles. The number of nitrogens with zero attached hydrogens (tertiary/aromatic N) is 1. The Morgan fingerprint density at radius 2 is 2.11 bits per heavy atom. The number of methoxy groups -OCH3 is 1. The molecule has 1 aromatic carbocycles. The number of aliphatic imine (C=N–C) groups is 1. The van der Waals surface area contributed by atoms with Crippen molar-refractivity contribution in [1.82, 2.24) is 10.6 Å². The number of nitrogens with one attached hydrogen (secondary N) is 2. The zero-order chi connectivity index (χ0) is 14.3. The third-order valence-electron chi connectivity index (χ3n) is 2.60. The summed E-state index contributed by atoms with van der Waals surface area (Å²) in [5, 5.41) is 7.18. The molecule has 0 aliphatic heterocycles. The van der Waals surface area contributed by atoms with E-state index in [1.54, 1.807) is 14.2 Å². The first kappa shape index (κ1) is 15.6. The minimum absolute atomic E-state index is 0.573. The van der Waals surface area contributed by atoms with Crippen molar-refractivity contribution in [3.63, 3.8) is 0 Å². The van der Waals surface area contributed by atoms with E-state index in [4.69, 9.17) is 16.3 Å². The quantitative estimate of drug-likeness (QED) is 0.645. The van der Waals surface area contributed by atoms with Gasteiger partial charge in [0.05, 0.1) is 7.11 Å². The Morgan fingerprint density at radius 1 is 1.37 bits per heavy atom. The van der Waals surface area contributed by atoms with Crippen molar-refractivity contribution >= 4 is 17.6 Å². The summed E-state index contributed by atoms with van der Waals surface area (Å²) < 4.78 is 5.31. The average molecular weight is 284 g/mol. The number of rotatable bonds is 5. The topological polar surface area (TPSA) is 45.7 Å². The van der Waals surface area contributed by atoms with Crippen LogP contribution in [0.4, 0.5) is 0 Å². The fourth-order valence-corrected chi connectivity index (χ4v) is 1.73. The standard InChI is InChI=1S/C14H22ClN3O/c1-10(2)8-17-14(16-3)18-9-11-5-6-12(15)7-13(11)19-4/h5-7,10H,8-9H2,1-4H3,(H2,16,17,18). The maximum absolute atomic E-state index is 5.93. The van der Waals surface area contributed by atoms with Crippen molar-refractivity contribution in [3.8, 4) is 5.75 Å². The molecular formula is C14H22ClN3O. The minimum atomic E-state index is 0.573. The van der Waals surface area contributed by atoms with Crippen LogP contribution in [0.25, 0.3) is 0 Å². The van der Waals surface area contributed by atoms with Crippen molar-refractivity contribution in [1.29, 1.82) is 0 Å². The van der Waals surface area contributed by atoms with Gasteiger partial charge in [-0.3, -0.25) is 4.99 Å². The molecule has 2 N–H and O–H groups in total. The molecule has 0 aromatic heterocycles. The van der Waals surface area contributed by atoms with Crippen molar-refractivity contribution in [2.75, 3.05) is 20.7 Å². The van der Waals surface area contributed by atoms with E-state index in [0.717, 1.165) is 23.8 Å². The summed E-state index contributed by atoms with van der Waals surface area (Å²) >= 11 is 5.93. The highest BCUT2D eigenvalue weighted by Gasteiger charge is 2.05. The Labute approximate surface area is 120 Å². The van der Waals surface area contributed by atoms with Gasteiger partial charge in [-0.25, -0.2) is 0 Å². The third-order valence-corrected chi connectivity index (χ3v) is 2.83. The zero-order valence-electron chi connectivity index (χ0n) is 12.0. The normalized spacial score (nSPS) is 11.6. The van der Waals surface area contributed by atoms with E-state index < -0.39 is 0 Å². The van der Waals surface area contributed by atoms with E-state index >= 15 is 0 Å². The van der Waals surface area contributed by atoms with Gasteiger partial charge < -0.3 is 15.4 Å². The summed E-state index contributed by atoms with van der Waals surface area (Å²) in [6.07, 6.45) is 0. The van der Waals surface area contributed by atoms with Gasteiger partial charge in [0, 0.05) is 30.7 Å². The molecule has 0 spiro atoms. The molecule has 0 saturated carbocycles. The lowest BCUT2D eigenvalue weighted by molar-refractivity contribution is 0.409. The molecule has 0 atom stereocenters. The summed E-state index contributed by atoms with van der Waals surface area (Å²) in [4.78, 5) is 4.18. The summed E-state index contributed by atoms with van der Waals surface area (Å²) in [6.45, 7) is 5.83. The average Bonchev–Trinajstić information content (AvgIpc) is 2.39. The van der Waals surface area contributed by atoms with Crippen LogP contribution in [0.2, 0.25) is 5.02 Å². The second kappa shape index (κ2) is 7.89. The number of ether oxygens (including phenoxy) is 1. The highest BCUT2D eigenvalue weighted by atomic mass is 35.5. The van der Waals surface area contributed by atoms with E-state index in [1.807, 2.05) is 18.2 Å². The fourth-order valence-electron chi connectivity index (χ4n) is 1.56. The monoisotopic (exact) mass is 283 g/mol. The molecular weight excluding hydrogens is 262 g/mol. The highest BCUT2D eigenvalue weighted by Crippen LogP contribution is 2.22. The van der Waals surface area contributed by atoms with Gasteiger partial charge in [-0.2, -0.15) is 0 Å². The lowest BCUT2D eigenvalue weighted by atomic mass is 10.2. The molecule has 1 rings (SSSR count). The summed E-state index contributed by atoms with van der Waals surface area (Å²) in [6, 6.07) is 5.61. The second-order valence-corrected chi connectivity index (χ2v) is 5.09. The van der Waals surface area contributed by atoms with Gasteiger partial charge in [-0.05, 0) is 18.1 Å². The fraction of sp³-hybridized carbons (Fsp3) is 0.500. The first-order valence-corrected chi connectivity index (χ1v) is 6.71. The Balaban J connectivity index is 2.60. The van der Waals surface area contributed by atoms with Crippen LogP contribution >= 0.6 is 11.6 Å². The molecule has 19 heavy (non-hydrogen) atoms. The lowest BCUT2D eigenvalue weighted by Gasteiger charge is -2.15.